The summed E-state index contributed by atoms with van der Waals surface area (Å²) >= 11 is 3.85. The zero-order valence-electron chi connectivity index (χ0n) is 13.7. The average molecular weight is 325 g/mol. The topological polar surface area (TPSA) is 64.2 Å². The molecule has 1 aliphatic carbocycles. The summed E-state index contributed by atoms with van der Waals surface area (Å²) in [6.07, 6.45) is 6.41. The molecule has 0 atom stereocenters. The maximum absolute atomic E-state index is 10.5. The predicted molar refractivity (Wildman–Crippen MR) is 89.8 cm³/mol. The molecular weight excluding hydrogens is 298 g/mol. The van der Waals surface area contributed by atoms with Crippen molar-refractivity contribution in [2.45, 2.75) is 57.9 Å². The Bertz CT molecular complexity index is 456. The predicted octanol–water partition coefficient (Wildman–Crippen LogP) is 3.92. The fourth-order valence-electron chi connectivity index (χ4n) is 2.90. The number of hydrogen-bond donors (Lipinski definition) is 2. The molecule has 0 radical (unpaired) electrons. The maximum Gasteiger partial charge on any atom is 0.303 e. The van der Waals surface area contributed by atoms with Crippen molar-refractivity contribution in [3.8, 4) is 0 Å². The van der Waals surface area contributed by atoms with Crippen LogP contribution in [-0.2, 0) is 4.79 Å². The van der Waals surface area contributed by atoms with E-state index < -0.39 is 5.97 Å². The molecule has 124 valence electrons. The van der Waals surface area contributed by atoms with Crippen LogP contribution in [0.2, 0.25) is 0 Å². The fourth-order valence-corrected chi connectivity index (χ4v) is 3.05. The van der Waals surface area contributed by atoms with E-state index in [9.17, 15) is 10.0 Å². The largest absolute Gasteiger partial charge is 0.618 e. The molecule has 1 heterocycles. The van der Waals surface area contributed by atoms with E-state index in [1.54, 1.807) is 18.2 Å². The monoisotopic (exact) mass is 325 g/mol. The van der Waals surface area contributed by atoms with Crippen LogP contribution in [0.1, 0.15) is 52.9 Å². The lowest BCUT2D eigenvalue weighted by molar-refractivity contribution is -0.645. The highest BCUT2D eigenvalue weighted by atomic mass is 32.1. The lowest BCUT2D eigenvalue weighted by Crippen LogP contribution is -2.26. The number of aliphatic carboxylic acids is 1. The molecule has 1 aliphatic rings. The van der Waals surface area contributed by atoms with Crippen molar-refractivity contribution in [1.82, 2.24) is 0 Å². The number of carboxylic acid groups (broad SMARTS) is 1. The van der Waals surface area contributed by atoms with Crippen molar-refractivity contribution in [2.75, 3.05) is 0 Å². The maximum atomic E-state index is 10.5. The summed E-state index contributed by atoms with van der Waals surface area (Å²) in [5.74, 6) is 0.586. The first-order valence-corrected chi connectivity index (χ1v) is 8.24. The van der Waals surface area contributed by atoms with Gasteiger partial charge in [0.15, 0.2) is 6.20 Å². The number of hydrogen-bond acceptors (Lipinski definition) is 3. The van der Waals surface area contributed by atoms with Crippen molar-refractivity contribution >= 4 is 18.6 Å². The van der Waals surface area contributed by atoms with Crippen molar-refractivity contribution < 1.29 is 14.6 Å². The fraction of sp³-hybridized carbons (Fsp3) is 0.647. The van der Waals surface area contributed by atoms with Gasteiger partial charge in [0.2, 0.25) is 5.03 Å². The van der Waals surface area contributed by atoms with Gasteiger partial charge in [-0.2, -0.15) is 4.73 Å². The van der Waals surface area contributed by atoms with Crippen molar-refractivity contribution in [3.05, 3.63) is 29.6 Å². The third-order valence-electron chi connectivity index (χ3n) is 4.34. The Morgan fingerprint density at radius 2 is 1.91 bits per heavy atom. The zero-order chi connectivity index (χ0) is 16.8. The van der Waals surface area contributed by atoms with Gasteiger partial charge < -0.3 is 10.3 Å². The van der Waals surface area contributed by atoms with Gasteiger partial charge in [0.1, 0.15) is 0 Å². The molecule has 1 aromatic rings. The highest BCUT2D eigenvalue weighted by Gasteiger charge is 2.30. The lowest BCUT2D eigenvalue weighted by atomic mass is 9.69. The van der Waals surface area contributed by atoms with Gasteiger partial charge in [0.25, 0.3) is 0 Å². The van der Waals surface area contributed by atoms with Gasteiger partial charge in [0, 0.05) is 18.6 Å². The lowest BCUT2D eigenvalue weighted by Gasteiger charge is -2.36. The molecule has 0 unspecified atom stereocenters. The normalized spacial score (nSPS) is 21.6. The Labute approximate surface area is 138 Å². The van der Waals surface area contributed by atoms with Crippen LogP contribution in [0.3, 0.4) is 0 Å². The van der Waals surface area contributed by atoms with E-state index >= 15 is 0 Å². The van der Waals surface area contributed by atoms with Gasteiger partial charge in [-0.1, -0.05) is 33.4 Å². The summed E-state index contributed by atoms with van der Waals surface area (Å²) in [5, 5.41) is 19.6. The average Bonchev–Trinajstić information content (AvgIpc) is 2.42. The molecule has 0 saturated heterocycles. The minimum absolute atomic E-state index is 0.372. The number of aromatic nitrogens is 1. The SMILES string of the molecule is CC(C)(C)C1CCC(CC(=O)O)CC1.[O-][n+]1ccccc1S. The second-order valence-corrected chi connectivity index (χ2v) is 7.52. The first-order valence-electron chi connectivity index (χ1n) is 7.79. The third kappa shape index (κ3) is 6.69. The summed E-state index contributed by atoms with van der Waals surface area (Å²) in [4.78, 5) is 10.5. The van der Waals surface area contributed by atoms with Gasteiger partial charge in [-0.15, -0.1) is 0 Å². The number of carboxylic acids is 1. The molecule has 1 N–H and O–H groups in total. The first kappa shape index (κ1) is 18.8. The van der Waals surface area contributed by atoms with Gasteiger partial charge in [0.05, 0.1) is 0 Å². The Kier molecular flexibility index (Phi) is 7.20. The van der Waals surface area contributed by atoms with E-state index in [0.29, 0.717) is 27.5 Å². The van der Waals surface area contributed by atoms with Crippen LogP contribution in [0, 0.1) is 22.5 Å². The summed E-state index contributed by atoms with van der Waals surface area (Å²) in [6.45, 7) is 6.86. The highest BCUT2D eigenvalue weighted by Crippen LogP contribution is 2.40. The van der Waals surface area contributed by atoms with Crippen LogP contribution in [0.5, 0.6) is 0 Å². The number of thiol groups is 1. The first-order chi connectivity index (χ1) is 10.2. The van der Waals surface area contributed by atoms with Crippen LogP contribution in [-0.4, -0.2) is 11.1 Å². The van der Waals surface area contributed by atoms with Gasteiger partial charge >= 0.3 is 5.97 Å². The van der Waals surface area contributed by atoms with Gasteiger partial charge in [-0.25, -0.2) is 0 Å². The Hall–Kier alpha value is -1.23. The molecule has 0 amide bonds. The molecule has 0 aromatic carbocycles. The van der Waals surface area contributed by atoms with E-state index in [4.69, 9.17) is 5.11 Å². The van der Waals surface area contributed by atoms with E-state index in [1.807, 2.05) is 0 Å². The summed E-state index contributed by atoms with van der Waals surface area (Å²) < 4.78 is 0.698. The number of carbonyl (C=O) groups is 1. The zero-order valence-corrected chi connectivity index (χ0v) is 14.6. The Morgan fingerprint density at radius 3 is 2.27 bits per heavy atom. The highest BCUT2D eigenvalue weighted by molar-refractivity contribution is 7.80. The quantitative estimate of drug-likeness (QED) is 0.492. The smallest absolute Gasteiger partial charge is 0.303 e. The van der Waals surface area contributed by atoms with E-state index in [2.05, 4.69) is 33.4 Å². The number of pyridine rings is 1. The summed E-state index contributed by atoms with van der Waals surface area (Å²) in [6, 6.07) is 5.06. The minimum Gasteiger partial charge on any atom is -0.618 e. The van der Waals surface area contributed by atoms with Crippen molar-refractivity contribution in [2.24, 2.45) is 17.3 Å². The molecule has 4 nitrogen and oxygen atoms in total. The van der Waals surface area contributed by atoms with Crippen LogP contribution in [0.15, 0.2) is 29.4 Å². The second kappa shape index (κ2) is 8.42. The van der Waals surface area contributed by atoms with Gasteiger partial charge in [-0.05, 0) is 49.0 Å². The molecule has 0 bridgehead atoms. The summed E-state index contributed by atoms with van der Waals surface area (Å²) in [7, 11) is 0. The van der Waals surface area contributed by atoms with Crippen molar-refractivity contribution in [3.63, 3.8) is 0 Å². The molecule has 0 aliphatic heterocycles. The van der Waals surface area contributed by atoms with E-state index in [-0.39, 0.29) is 0 Å². The molecule has 1 aromatic heterocycles. The minimum atomic E-state index is -0.635. The van der Waals surface area contributed by atoms with Crippen LogP contribution < -0.4 is 4.73 Å². The molecule has 0 spiro atoms. The molecule has 22 heavy (non-hydrogen) atoms. The van der Waals surface area contributed by atoms with Gasteiger partial charge in [-0.3, -0.25) is 4.79 Å². The second-order valence-electron chi connectivity index (χ2n) is 7.07. The van der Waals surface area contributed by atoms with Crippen LogP contribution >= 0.6 is 12.6 Å². The third-order valence-corrected chi connectivity index (χ3v) is 4.68. The molecule has 1 fully saturated rings. The standard InChI is InChI=1S/C12H22O2.C5H5NOS/c1-12(2,3)10-6-4-9(5-7-10)8-11(13)14;7-6-4-2-1-3-5(6)8/h9-10H,4-8H2,1-3H3,(H,13,14);1-4,8H. The molecule has 2 rings (SSSR count). The molecule has 5 heteroatoms. The van der Waals surface area contributed by atoms with Crippen LogP contribution in [0.4, 0.5) is 0 Å². The Balaban J connectivity index is 0.000000255. The van der Waals surface area contributed by atoms with Crippen LogP contribution in [0.25, 0.3) is 0 Å². The molecule has 1 saturated carbocycles. The molecular formula is C17H27NO3S. The Morgan fingerprint density at radius 1 is 1.32 bits per heavy atom. The van der Waals surface area contributed by atoms with Crippen molar-refractivity contribution in [1.29, 1.82) is 0 Å². The number of nitrogens with zero attached hydrogens (tertiary/aromatic N) is 1. The van der Waals surface area contributed by atoms with E-state index in [1.165, 1.54) is 19.0 Å². The van der Waals surface area contributed by atoms with E-state index in [0.717, 1.165) is 18.8 Å². The number of rotatable bonds is 2. The summed E-state index contributed by atoms with van der Waals surface area (Å²) in [5.41, 5.74) is 0.397.